The van der Waals surface area contributed by atoms with E-state index in [1.54, 1.807) is 63.7 Å². The quantitative estimate of drug-likeness (QED) is 0.125. The maximum Gasteiger partial charge on any atom is 0.410 e. The van der Waals surface area contributed by atoms with Crippen LogP contribution in [0.2, 0.25) is 0 Å². The Balaban J connectivity index is 0.000000184. The van der Waals surface area contributed by atoms with Crippen LogP contribution in [0.4, 0.5) is 14.8 Å². The molecule has 0 fully saturated rings. The summed E-state index contributed by atoms with van der Waals surface area (Å²) in [4.78, 5) is 63.8. The molecule has 2 aliphatic heterocycles. The zero-order chi connectivity index (χ0) is 41.8. The van der Waals surface area contributed by atoms with Gasteiger partial charge in [0.2, 0.25) is 11.8 Å². The van der Waals surface area contributed by atoms with Crippen molar-refractivity contribution in [2.75, 3.05) is 65.0 Å². The van der Waals surface area contributed by atoms with Crippen LogP contribution < -0.4 is 16.0 Å². The summed E-state index contributed by atoms with van der Waals surface area (Å²) in [6.45, 7) is 9.84. The van der Waals surface area contributed by atoms with Crippen LogP contribution in [-0.4, -0.2) is 113 Å². The lowest BCUT2D eigenvalue weighted by molar-refractivity contribution is -0.117. The summed E-state index contributed by atoms with van der Waals surface area (Å²) in [6.07, 6.45) is 9.33. The first-order chi connectivity index (χ1) is 28.2. The molecular weight excluding hydrogens is 825 g/mol. The SMILES string of the molecule is CN(C)CCC(=O)Nc1sc2c(c1-c1nc3cnccc3s1)CCN(C(=O)OC(C)(C)C)C2.CN(C)CCC(=O)Nc1sc2c(c1-c1nc3cnccc3s1)CCNC2. The van der Waals surface area contributed by atoms with E-state index < -0.39 is 5.60 Å². The number of carbonyl (C=O) groups excluding carboxylic acids is 3. The van der Waals surface area contributed by atoms with E-state index in [4.69, 9.17) is 14.7 Å². The molecule has 8 heterocycles. The predicted octanol–water partition coefficient (Wildman–Crippen LogP) is 7.56. The molecule has 0 aromatic carbocycles. The third-order valence-corrected chi connectivity index (χ3v) is 13.9. The van der Waals surface area contributed by atoms with Gasteiger partial charge >= 0.3 is 6.09 Å². The Labute approximate surface area is 360 Å². The fourth-order valence-corrected chi connectivity index (χ4v) is 11.3. The van der Waals surface area contributed by atoms with E-state index in [-0.39, 0.29) is 17.9 Å². The molecule has 18 heteroatoms. The Kier molecular flexibility index (Phi) is 13.4. The highest BCUT2D eigenvalue weighted by molar-refractivity contribution is 7.23. The van der Waals surface area contributed by atoms with Crippen LogP contribution >= 0.6 is 45.3 Å². The predicted molar refractivity (Wildman–Crippen MR) is 241 cm³/mol. The van der Waals surface area contributed by atoms with Crippen molar-refractivity contribution in [1.82, 2.24) is 40.0 Å². The minimum absolute atomic E-state index is 0.0321. The second-order valence-electron chi connectivity index (χ2n) is 15.9. The van der Waals surface area contributed by atoms with Gasteiger partial charge in [0.15, 0.2) is 0 Å². The Morgan fingerprint density at radius 2 is 1.31 bits per heavy atom. The van der Waals surface area contributed by atoms with Crippen LogP contribution in [0.3, 0.4) is 0 Å². The fourth-order valence-electron chi connectivity index (χ4n) is 6.65. The Hall–Kier alpha value is -4.43. The molecule has 2 aliphatic rings. The third kappa shape index (κ3) is 10.5. The highest BCUT2D eigenvalue weighted by atomic mass is 32.1. The molecule has 59 heavy (non-hydrogen) atoms. The summed E-state index contributed by atoms with van der Waals surface area (Å²) in [7, 11) is 7.85. The maximum atomic E-state index is 12.7. The Bertz CT molecular complexity index is 2400. The van der Waals surface area contributed by atoms with Gasteiger partial charge in [-0.2, -0.15) is 0 Å². The minimum atomic E-state index is -0.543. The van der Waals surface area contributed by atoms with Gasteiger partial charge in [0.25, 0.3) is 0 Å². The molecule has 3 N–H and O–H groups in total. The molecule has 0 saturated heterocycles. The molecule has 0 radical (unpaired) electrons. The summed E-state index contributed by atoms with van der Waals surface area (Å²) >= 11 is 6.45. The van der Waals surface area contributed by atoms with Crippen molar-refractivity contribution in [2.45, 2.75) is 65.1 Å². The minimum Gasteiger partial charge on any atom is -0.444 e. The van der Waals surface area contributed by atoms with Crippen LogP contribution in [0.5, 0.6) is 0 Å². The highest BCUT2D eigenvalue weighted by Crippen LogP contribution is 2.47. The van der Waals surface area contributed by atoms with E-state index in [0.717, 1.165) is 88.1 Å². The van der Waals surface area contributed by atoms with Crippen LogP contribution in [0.1, 0.15) is 54.5 Å². The van der Waals surface area contributed by atoms with E-state index in [9.17, 15) is 14.4 Å². The highest BCUT2D eigenvalue weighted by Gasteiger charge is 2.32. The van der Waals surface area contributed by atoms with Crippen molar-refractivity contribution < 1.29 is 19.1 Å². The molecule has 8 rings (SSSR count). The fraction of sp³-hybridized carbons (Fsp3) is 0.439. The first kappa shape index (κ1) is 42.7. The number of nitrogens with one attached hydrogen (secondary N) is 3. The van der Waals surface area contributed by atoms with Gasteiger partial charge in [0, 0.05) is 72.3 Å². The number of nitrogens with zero attached hydrogens (tertiary/aromatic N) is 7. The zero-order valence-corrected chi connectivity index (χ0v) is 37.7. The molecule has 6 aromatic rings. The van der Waals surface area contributed by atoms with E-state index in [1.807, 2.05) is 70.9 Å². The number of ether oxygens (including phenoxy) is 1. The maximum absolute atomic E-state index is 12.7. The van der Waals surface area contributed by atoms with Gasteiger partial charge < -0.3 is 35.4 Å². The lowest BCUT2D eigenvalue weighted by Gasteiger charge is -2.30. The molecule has 3 amide bonds. The van der Waals surface area contributed by atoms with E-state index in [0.29, 0.717) is 38.9 Å². The average molecular weight is 875 g/mol. The van der Waals surface area contributed by atoms with E-state index in [1.165, 1.54) is 21.8 Å². The second-order valence-corrected chi connectivity index (χ2v) is 20.2. The number of hydrogen-bond donors (Lipinski definition) is 3. The Morgan fingerprint density at radius 1 is 0.780 bits per heavy atom. The van der Waals surface area contributed by atoms with E-state index >= 15 is 0 Å². The van der Waals surface area contributed by atoms with Crippen LogP contribution in [0.25, 0.3) is 41.6 Å². The number of thiazole rings is 2. The van der Waals surface area contributed by atoms with Gasteiger partial charge in [-0.25, -0.2) is 14.8 Å². The smallest absolute Gasteiger partial charge is 0.410 e. The molecule has 312 valence electrons. The number of anilines is 2. The number of pyridine rings is 2. The number of hydrogen-bond acceptors (Lipinski definition) is 15. The molecule has 0 bridgehead atoms. The van der Waals surface area contributed by atoms with Crippen molar-refractivity contribution in [3.05, 3.63) is 57.8 Å². The molecule has 0 aliphatic carbocycles. The molecule has 0 spiro atoms. The number of thiophene rings is 2. The third-order valence-electron chi connectivity index (χ3n) is 9.52. The second kappa shape index (κ2) is 18.5. The van der Waals surface area contributed by atoms with Crippen molar-refractivity contribution in [2.24, 2.45) is 0 Å². The summed E-state index contributed by atoms with van der Waals surface area (Å²) < 4.78 is 7.74. The lowest BCUT2D eigenvalue weighted by atomic mass is 10.0. The summed E-state index contributed by atoms with van der Waals surface area (Å²) in [5, 5.41) is 13.2. The Morgan fingerprint density at radius 3 is 1.81 bits per heavy atom. The topological polar surface area (TPSA) is 158 Å². The van der Waals surface area contributed by atoms with Gasteiger partial charge in [-0.1, -0.05) is 0 Å². The number of aromatic nitrogens is 4. The van der Waals surface area contributed by atoms with E-state index in [2.05, 4.69) is 25.9 Å². The van der Waals surface area contributed by atoms with Crippen molar-refractivity contribution >= 4 is 93.7 Å². The zero-order valence-electron chi connectivity index (χ0n) is 34.4. The number of carbonyl (C=O) groups is 3. The molecular formula is C41H50N10O4S4. The first-order valence-corrected chi connectivity index (χ1v) is 22.8. The molecule has 14 nitrogen and oxygen atoms in total. The van der Waals surface area contributed by atoms with Gasteiger partial charge in [0.05, 0.1) is 28.3 Å². The number of fused-ring (bicyclic) bond motifs is 4. The van der Waals surface area contributed by atoms with Crippen LogP contribution in [-0.2, 0) is 40.3 Å². The number of rotatable bonds is 10. The van der Waals surface area contributed by atoms with Gasteiger partial charge in [-0.05, 0) is 91.6 Å². The molecule has 0 unspecified atom stereocenters. The molecule has 0 atom stereocenters. The summed E-state index contributed by atoms with van der Waals surface area (Å²) in [6, 6.07) is 3.95. The molecule has 0 saturated carbocycles. The van der Waals surface area contributed by atoms with Crippen molar-refractivity contribution in [3.63, 3.8) is 0 Å². The normalized spacial score (nSPS) is 13.9. The van der Waals surface area contributed by atoms with Crippen LogP contribution in [0, 0.1) is 0 Å². The summed E-state index contributed by atoms with van der Waals surface area (Å²) in [5.74, 6) is 0.0182. The van der Waals surface area contributed by atoms with Crippen molar-refractivity contribution in [1.29, 1.82) is 0 Å². The average Bonchev–Trinajstić information content (AvgIpc) is 3.97. The summed E-state index contributed by atoms with van der Waals surface area (Å²) in [5.41, 5.74) is 5.75. The van der Waals surface area contributed by atoms with Crippen LogP contribution in [0.15, 0.2) is 36.9 Å². The van der Waals surface area contributed by atoms with Gasteiger partial charge in [-0.15, -0.1) is 45.3 Å². The monoisotopic (exact) mass is 874 g/mol. The van der Waals surface area contributed by atoms with Gasteiger partial charge in [-0.3, -0.25) is 19.6 Å². The standard InChI is InChI=1S/C23H29N5O3S2.C18H21N5OS2/c1-23(2,3)31-22(30)28-11-7-14-17(13-28)33-21(26-18(29)8-10-27(4)5)19(14)20-25-15-12-24-9-6-16(15)32-20;1-23(2)8-5-15(24)22-18-16(11-3-6-20-10-14(11)26-18)17-21-12-9-19-7-4-13(12)25-17/h6,9,12H,7-8,10-11,13H2,1-5H3,(H,26,29);4,7,9,20H,3,5-6,8,10H2,1-2H3,(H,22,24). The lowest BCUT2D eigenvalue weighted by Crippen LogP contribution is -2.39. The first-order valence-electron chi connectivity index (χ1n) is 19.5. The van der Waals surface area contributed by atoms with Gasteiger partial charge in [0.1, 0.15) is 36.7 Å². The van der Waals surface area contributed by atoms with Crippen molar-refractivity contribution in [3.8, 4) is 21.1 Å². The largest absolute Gasteiger partial charge is 0.444 e. The molecule has 6 aromatic heterocycles. The number of amides is 3.